The lowest BCUT2D eigenvalue weighted by Gasteiger charge is -2.02. The molecule has 2 aromatic rings. The molecule has 1 aromatic carbocycles. The number of rotatable bonds is 5. The number of hydrogen-bond acceptors (Lipinski definition) is 5. The number of nitrogens with zero attached hydrogens (tertiary/aromatic N) is 2. The van der Waals surface area contributed by atoms with Crippen molar-refractivity contribution in [3.8, 4) is 10.9 Å². The fourth-order valence-corrected chi connectivity index (χ4v) is 1.91. The zero-order chi connectivity index (χ0) is 13.0. The van der Waals surface area contributed by atoms with Crippen molar-refractivity contribution in [2.45, 2.75) is 13.5 Å². The van der Waals surface area contributed by atoms with Crippen molar-refractivity contribution >= 4 is 11.3 Å². The van der Waals surface area contributed by atoms with E-state index in [0.29, 0.717) is 6.54 Å². The summed E-state index contributed by atoms with van der Waals surface area (Å²) < 4.78 is 31.4. The minimum Gasteiger partial charge on any atom is -0.427 e. The Kier molecular flexibility index (Phi) is 4.16. The highest BCUT2D eigenvalue weighted by Crippen LogP contribution is 2.27. The highest BCUT2D eigenvalue weighted by Gasteiger charge is 2.12. The van der Waals surface area contributed by atoms with Crippen molar-refractivity contribution in [3.63, 3.8) is 0 Å². The van der Waals surface area contributed by atoms with Gasteiger partial charge in [0.1, 0.15) is 5.01 Å². The van der Waals surface area contributed by atoms with Gasteiger partial charge in [-0.25, -0.2) is 4.39 Å². The molecule has 0 radical (unpaired) electrons. The monoisotopic (exact) mass is 271 g/mol. The zero-order valence-electron chi connectivity index (χ0n) is 9.61. The third kappa shape index (κ3) is 2.99. The summed E-state index contributed by atoms with van der Waals surface area (Å²) in [5, 5.41) is 11.6. The summed E-state index contributed by atoms with van der Waals surface area (Å²) in [5.41, 5.74) is 0. The summed E-state index contributed by atoms with van der Waals surface area (Å²) in [5.74, 6) is -2.17. The average molecular weight is 271 g/mol. The van der Waals surface area contributed by atoms with E-state index in [-0.39, 0.29) is 10.9 Å². The predicted octanol–water partition coefficient (Wildman–Crippen LogP) is 2.72. The molecule has 2 rings (SSSR count). The number of nitrogens with one attached hydrogen (secondary N) is 1. The molecular formula is C11H11F2N3OS. The third-order valence-electron chi connectivity index (χ3n) is 2.09. The second-order valence-electron chi connectivity index (χ2n) is 3.40. The van der Waals surface area contributed by atoms with Crippen LogP contribution in [0.3, 0.4) is 0 Å². The topological polar surface area (TPSA) is 47.0 Å². The maximum absolute atomic E-state index is 13.3. The van der Waals surface area contributed by atoms with E-state index in [1.807, 2.05) is 6.92 Å². The molecule has 0 saturated heterocycles. The fraction of sp³-hybridized carbons (Fsp3) is 0.273. The first-order chi connectivity index (χ1) is 8.70. The van der Waals surface area contributed by atoms with Gasteiger partial charge in [-0.2, -0.15) is 4.39 Å². The van der Waals surface area contributed by atoms with Crippen molar-refractivity contribution in [3.05, 3.63) is 34.8 Å². The lowest BCUT2D eigenvalue weighted by Crippen LogP contribution is -2.11. The van der Waals surface area contributed by atoms with Gasteiger partial charge in [-0.15, -0.1) is 5.10 Å². The average Bonchev–Trinajstić information content (AvgIpc) is 2.80. The van der Waals surface area contributed by atoms with Crippen molar-refractivity contribution in [1.82, 2.24) is 15.5 Å². The first-order valence-electron chi connectivity index (χ1n) is 5.35. The molecule has 0 bridgehead atoms. The number of ether oxygens (including phenoxy) is 1. The highest BCUT2D eigenvalue weighted by molar-refractivity contribution is 7.13. The van der Waals surface area contributed by atoms with E-state index in [1.165, 1.54) is 23.5 Å². The smallest absolute Gasteiger partial charge is 0.299 e. The van der Waals surface area contributed by atoms with Gasteiger partial charge in [0, 0.05) is 6.54 Å². The Morgan fingerprint density at radius 2 is 2.17 bits per heavy atom. The number of hydrogen-bond donors (Lipinski definition) is 1. The molecule has 18 heavy (non-hydrogen) atoms. The molecule has 0 aliphatic heterocycles. The van der Waals surface area contributed by atoms with Crippen molar-refractivity contribution in [2.24, 2.45) is 0 Å². The summed E-state index contributed by atoms with van der Waals surface area (Å²) in [6.07, 6.45) is 0. The minimum absolute atomic E-state index is 0.187. The van der Waals surface area contributed by atoms with Crippen LogP contribution < -0.4 is 10.1 Å². The van der Waals surface area contributed by atoms with E-state index in [4.69, 9.17) is 4.74 Å². The standard InChI is InChI=1S/C11H11F2N3OS/c1-2-14-6-9-15-16-11(18-9)17-8-5-3-4-7(12)10(8)13/h3-5,14H,2,6H2,1H3. The molecular weight excluding hydrogens is 260 g/mol. The maximum atomic E-state index is 13.3. The van der Waals surface area contributed by atoms with Crippen LogP contribution in [0.1, 0.15) is 11.9 Å². The summed E-state index contributed by atoms with van der Waals surface area (Å²) in [6, 6.07) is 3.73. The zero-order valence-corrected chi connectivity index (χ0v) is 10.4. The molecule has 0 amide bonds. The molecule has 0 aliphatic carbocycles. The first-order valence-corrected chi connectivity index (χ1v) is 6.17. The minimum atomic E-state index is -1.03. The number of benzene rings is 1. The van der Waals surface area contributed by atoms with E-state index in [9.17, 15) is 8.78 Å². The van der Waals surface area contributed by atoms with Gasteiger partial charge in [0.05, 0.1) is 0 Å². The molecule has 0 unspecified atom stereocenters. The second kappa shape index (κ2) is 5.83. The quantitative estimate of drug-likeness (QED) is 0.908. The van der Waals surface area contributed by atoms with Gasteiger partial charge in [0.25, 0.3) is 5.19 Å². The van der Waals surface area contributed by atoms with Crippen molar-refractivity contribution in [2.75, 3.05) is 6.54 Å². The van der Waals surface area contributed by atoms with Gasteiger partial charge in [-0.05, 0) is 18.7 Å². The Morgan fingerprint density at radius 1 is 1.33 bits per heavy atom. The fourth-order valence-electron chi connectivity index (χ4n) is 1.24. The van der Waals surface area contributed by atoms with Gasteiger partial charge >= 0.3 is 0 Å². The molecule has 1 aromatic heterocycles. The van der Waals surface area contributed by atoms with E-state index in [0.717, 1.165) is 17.6 Å². The molecule has 7 heteroatoms. The maximum Gasteiger partial charge on any atom is 0.299 e. The molecule has 0 aliphatic rings. The lowest BCUT2D eigenvalue weighted by atomic mass is 10.3. The van der Waals surface area contributed by atoms with Crippen LogP contribution in [0.15, 0.2) is 18.2 Å². The molecule has 0 saturated carbocycles. The van der Waals surface area contributed by atoms with E-state index < -0.39 is 11.6 Å². The van der Waals surface area contributed by atoms with Crippen LogP contribution in [0.2, 0.25) is 0 Å². The van der Waals surface area contributed by atoms with E-state index >= 15 is 0 Å². The van der Waals surface area contributed by atoms with Crippen LogP contribution in [0.5, 0.6) is 10.9 Å². The Morgan fingerprint density at radius 3 is 2.94 bits per heavy atom. The summed E-state index contributed by atoms with van der Waals surface area (Å²) in [6.45, 7) is 3.36. The van der Waals surface area contributed by atoms with Crippen LogP contribution in [-0.2, 0) is 6.54 Å². The Hall–Kier alpha value is -1.60. The molecule has 0 atom stereocenters. The lowest BCUT2D eigenvalue weighted by molar-refractivity contribution is 0.411. The Labute approximate surface area is 107 Å². The summed E-state index contributed by atoms with van der Waals surface area (Å²) in [7, 11) is 0. The van der Waals surface area contributed by atoms with Crippen LogP contribution in [0.4, 0.5) is 8.78 Å². The van der Waals surface area contributed by atoms with Gasteiger partial charge in [-0.1, -0.05) is 29.4 Å². The van der Waals surface area contributed by atoms with Crippen molar-refractivity contribution < 1.29 is 13.5 Å². The highest BCUT2D eigenvalue weighted by atomic mass is 32.1. The molecule has 0 spiro atoms. The molecule has 0 fully saturated rings. The van der Waals surface area contributed by atoms with Gasteiger partial charge in [0.2, 0.25) is 5.82 Å². The van der Waals surface area contributed by atoms with Crippen LogP contribution in [0.25, 0.3) is 0 Å². The third-order valence-corrected chi connectivity index (χ3v) is 2.89. The van der Waals surface area contributed by atoms with Gasteiger partial charge in [0.15, 0.2) is 11.6 Å². The van der Waals surface area contributed by atoms with Crippen LogP contribution in [-0.4, -0.2) is 16.7 Å². The summed E-state index contributed by atoms with van der Waals surface area (Å²) >= 11 is 1.19. The largest absolute Gasteiger partial charge is 0.427 e. The Balaban J connectivity index is 2.09. The van der Waals surface area contributed by atoms with Crippen LogP contribution >= 0.6 is 11.3 Å². The normalized spacial score (nSPS) is 10.6. The number of aromatic nitrogens is 2. The van der Waals surface area contributed by atoms with E-state index in [2.05, 4.69) is 15.5 Å². The van der Waals surface area contributed by atoms with Crippen molar-refractivity contribution in [1.29, 1.82) is 0 Å². The van der Waals surface area contributed by atoms with Gasteiger partial charge in [-0.3, -0.25) is 0 Å². The SMILES string of the molecule is CCNCc1nnc(Oc2cccc(F)c2F)s1. The van der Waals surface area contributed by atoms with Crippen LogP contribution in [0, 0.1) is 11.6 Å². The molecule has 4 nitrogen and oxygen atoms in total. The molecule has 1 N–H and O–H groups in total. The molecule has 96 valence electrons. The second-order valence-corrected chi connectivity index (χ2v) is 4.42. The number of halogens is 2. The van der Waals surface area contributed by atoms with Gasteiger partial charge < -0.3 is 10.1 Å². The Bertz CT molecular complexity index is 533. The predicted molar refractivity (Wildman–Crippen MR) is 63.7 cm³/mol. The summed E-state index contributed by atoms with van der Waals surface area (Å²) in [4.78, 5) is 0. The van der Waals surface area contributed by atoms with E-state index in [1.54, 1.807) is 0 Å². The first kappa shape index (κ1) is 12.8. The molecule has 1 heterocycles.